The number of ether oxygens (including phenoxy) is 2. The van der Waals surface area contributed by atoms with E-state index in [1.165, 1.54) is 13.8 Å². The number of halogens is 2. The molecule has 52 heavy (non-hydrogen) atoms. The van der Waals surface area contributed by atoms with Gasteiger partial charge in [-0.05, 0) is 53.6 Å². The maximum Gasteiger partial charge on any atom is 0.308 e. The zero-order chi connectivity index (χ0) is 36.5. The fourth-order valence-electron chi connectivity index (χ4n) is 10.3. The van der Waals surface area contributed by atoms with Crippen molar-refractivity contribution in [1.82, 2.24) is 0 Å². The van der Waals surface area contributed by atoms with Crippen LogP contribution in [0.5, 0.6) is 11.5 Å². The molecular weight excluding hydrogens is 703 g/mol. The maximum absolute atomic E-state index is 14.7. The molecule has 0 aromatic heterocycles. The van der Waals surface area contributed by atoms with Crippen molar-refractivity contribution in [2.75, 3.05) is 34.6 Å². The number of hydrogen-bond donors (Lipinski definition) is 0. The third-order valence-corrected chi connectivity index (χ3v) is 13.2. The van der Waals surface area contributed by atoms with E-state index in [1.807, 2.05) is 47.4 Å². The molecule has 4 aromatic carbocycles. The second-order valence-electron chi connectivity index (χ2n) is 15.4. The van der Waals surface area contributed by atoms with Gasteiger partial charge < -0.3 is 19.3 Å². The van der Waals surface area contributed by atoms with E-state index >= 15 is 0 Å². The number of esters is 2. The normalized spacial score (nSPS) is 27.3. The monoisotopic (exact) mass is 738 g/mol. The molecule has 11 heteroatoms. The third-order valence-electron chi connectivity index (χ3n) is 12.4. The summed E-state index contributed by atoms with van der Waals surface area (Å²) in [5.41, 5.74) is 2.36. The third kappa shape index (κ3) is 4.38. The number of nitrogens with zero attached hydrogens (tertiary/aromatic N) is 2. The summed E-state index contributed by atoms with van der Waals surface area (Å²) in [6, 6.07) is 16.9. The molecule has 0 radical (unpaired) electrons. The van der Waals surface area contributed by atoms with E-state index in [0.29, 0.717) is 66.5 Å². The van der Waals surface area contributed by atoms with Crippen molar-refractivity contribution < 1.29 is 33.4 Å². The van der Waals surface area contributed by atoms with Crippen LogP contribution in [0, 0.1) is 16.2 Å². The number of Topliss-reactive ketones (excluding diaryl/α,β-unsaturated/α-hetero) is 1. The van der Waals surface area contributed by atoms with Gasteiger partial charge in [0.1, 0.15) is 17.3 Å². The fourth-order valence-corrected chi connectivity index (χ4v) is 10.8. The van der Waals surface area contributed by atoms with Crippen molar-refractivity contribution in [3.63, 3.8) is 0 Å². The first-order chi connectivity index (χ1) is 24.9. The first-order valence-corrected chi connectivity index (χ1v) is 18.7. The van der Waals surface area contributed by atoms with E-state index in [0.717, 1.165) is 32.8 Å². The Balaban J connectivity index is 1.05. The summed E-state index contributed by atoms with van der Waals surface area (Å²) < 4.78 is 11.3. The number of ketones is 1. The number of carbonyl (C=O) groups is 5. The maximum atomic E-state index is 14.7. The van der Waals surface area contributed by atoms with E-state index in [4.69, 9.17) is 32.7 Å². The Morgan fingerprint density at radius 1 is 0.673 bits per heavy atom. The summed E-state index contributed by atoms with van der Waals surface area (Å²) in [6.07, 6.45) is 1.97. The van der Waals surface area contributed by atoms with Gasteiger partial charge in [-0.25, -0.2) is 0 Å². The summed E-state index contributed by atoms with van der Waals surface area (Å²) in [7, 11) is 0. The van der Waals surface area contributed by atoms with Gasteiger partial charge in [-0.1, -0.05) is 42.5 Å². The number of carbonyl (C=O) groups excluding carboxylic acids is 5. The Bertz CT molecular complexity index is 2340. The van der Waals surface area contributed by atoms with Gasteiger partial charge in [0, 0.05) is 85.3 Å². The molecule has 266 valence electrons. The summed E-state index contributed by atoms with van der Waals surface area (Å²) in [5.74, 6) is 0.140. The minimum atomic E-state index is -0.658. The lowest BCUT2D eigenvalue weighted by Gasteiger charge is -2.37. The SMILES string of the molecule is CC(=O)Cc1ccc2c(OC(C)=O)cc3c(c2c1)[C@H](CCl)CN3C(=O)C12CC3(C(=O)N4C[C@@H](CCl)c5c4cc(OC(C)=O)c4ccccc54)CC31C2. The second-order valence-corrected chi connectivity index (χ2v) is 16.0. The van der Waals surface area contributed by atoms with E-state index < -0.39 is 28.2 Å². The lowest BCUT2D eigenvalue weighted by Crippen LogP contribution is -2.49. The number of anilines is 2. The van der Waals surface area contributed by atoms with Gasteiger partial charge in [0.25, 0.3) is 0 Å². The molecule has 3 unspecified atom stereocenters. The van der Waals surface area contributed by atoms with Crippen LogP contribution in [0.2, 0.25) is 0 Å². The highest BCUT2D eigenvalue weighted by molar-refractivity contribution is 6.20. The van der Waals surface area contributed by atoms with Crippen LogP contribution in [-0.4, -0.2) is 54.4 Å². The summed E-state index contributed by atoms with van der Waals surface area (Å²) in [5, 5.41) is 3.22. The highest BCUT2D eigenvalue weighted by atomic mass is 35.5. The predicted octanol–water partition coefficient (Wildman–Crippen LogP) is 7.18. The Hall–Kier alpha value is -4.47. The second kappa shape index (κ2) is 11.3. The highest BCUT2D eigenvalue weighted by Crippen LogP contribution is 3.01. The Labute approximate surface area is 310 Å². The summed E-state index contributed by atoms with van der Waals surface area (Å²) in [4.78, 5) is 69.3. The molecule has 0 N–H and O–H groups in total. The van der Waals surface area contributed by atoms with Crippen LogP contribution in [0.4, 0.5) is 11.4 Å². The zero-order valence-electron chi connectivity index (χ0n) is 29.0. The molecule has 2 heterocycles. The molecule has 3 fully saturated rings. The number of alkyl halides is 2. The molecule has 9 nitrogen and oxygen atoms in total. The lowest BCUT2D eigenvalue weighted by atomic mass is 9.72. The van der Waals surface area contributed by atoms with Gasteiger partial charge in [0.05, 0.1) is 22.2 Å². The van der Waals surface area contributed by atoms with E-state index in [9.17, 15) is 24.0 Å². The van der Waals surface area contributed by atoms with E-state index in [-0.39, 0.29) is 41.7 Å². The Kier molecular flexibility index (Phi) is 7.23. The van der Waals surface area contributed by atoms with Crippen LogP contribution in [0.25, 0.3) is 21.5 Å². The highest BCUT2D eigenvalue weighted by Gasteiger charge is 3.01. The number of benzene rings is 4. The van der Waals surface area contributed by atoms with Crippen LogP contribution < -0.4 is 19.3 Å². The van der Waals surface area contributed by atoms with Crippen molar-refractivity contribution in [3.05, 3.63) is 71.3 Å². The average molecular weight is 740 g/mol. The zero-order valence-corrected chi connectivity index (χ0v) is 30.5. The smallest absolute Gasteiger partial charge is 0.308 e. The van der Waals surface area contributed by atoms with Crippen molar-refractivity contribution in [3.8, 4) is 11.5 Å². The molecule has 3 saturated carbocycles. The molecule has 0 bridgehead atoms. The quantitative estimate of drug-likeness (QED) is 0.107. The molecule has 5 aliphatic rings. The Morgan fingerprint density at radius 3 is 1.65 bits per heavy atom. The van der Waals surface area contributed by atoms with Gasteiger partial charge in [-0.3, -0.25) is 24.0 Å². The van der Waals surface area contributed by atoms with Crippen LogP contribution >= 0.6 is 23.2 Å². The summed E-state index contributed by atoms with van der Waals surface area (Å²) >= 11 is 13.1. The number of fused-ring (bicyclic) bond motifs is 6. The van der Waals surface area contributed by atoms with Crippen LogP contribution in [-0.2, 0) is 30.4 Å². The molecule has 2 aliphatic heterocycles. The Morgan fingerprint density at radius 2 is 1.17 bits per heavy atom. The van der Waals surface area contributed by atoms with E-state index in [2.05, 4.69) is 0 Å². The van der Waals surface area contributed by atoms with Gasteiger partial charge in [-0.2, -0.15) is 0 Å². The molecule has 4 aromatic rings. The summed E-state index contributed by atoms with van der Waals surface area (Å²) in [6.45, 7) is 5.02. The number of amides is 2. The van der Waals surface area contributed by atoms with Gasteiger partial charge in [-0.15, -0.1) is 23.2 Å². The molecule has 2 amide bonds. The van der Waals surface area contributed by atoms with Crippen molar-refractivity contribution in [1.29, 1.82) is 0 Å². The van der Waals surface area contributed by atoms with E-state index in [1.54, 1.807) is 24.0 Å². The molecule has 3 aliphatic carbocycles. The van der Waals surface area contributed by atoms with Crippen molar-refractivity contribution >= 4 is 85.7 Å². The van der Waals surface area contributed by atoms with Crippen LogP contribution in [0.3, 0.4) is 0 Å². The molecular formula is C41H36Cl2N2O7. The largest absolute Gasteiger partial charge is 0.426 e. The molecule has 9 rings (SSSR count). The van der Waals surface area contributed by atoms with Crippen molar-refractivity contribution in [2.45, 2.75) is 58.3 Å². The van der Waals surface area contributed by atoms with Gasteiger partial charge in [0.2, 0.25) is 11.8 Å². The standard InChI is InChI=1S/C41H36Cl2N2O7/c1-21(46)10-24-8-9-28-30(11-24)36-26(15-43)17-45(32(36)13-34(28)52-23(3)48)38(50)40-18-39(19-41(39,40)20-40)37(49)44-16-25(14-42)35-29-7-5-4-6-27(29)33(12-31(35)44)51-22(2)47/h4-9,11-13,25-26H,10,14-20H2,1-3H3/t25-,26-,39?,40?,41?/m1/s1. The molecule has 0 saturated heterocycles. The number of rotatable bonds is 8. The molecule has 1 spiro atoms. The minimum absolute atomic E-state index is 0.00653. The van der Waals surface area contributed by atoms with Crippen LogP contribution in [0.15, 0.2) is 54.6 Å². The topological polar surface area (TPSA) is 110 Å². The lowest BCUT2D eigenvalue weighted by molar-refractivity contribution is -0.134. The number of hydrogen-bond acceptors (Lipinski definition) is 7. The fraction of sp³-hybridized carbons (Fsp3) is 0.390. The first kappa shape index (κ1) is 33.4. The van der Waals surface area contributed by atoms with Gasteiger partial charge in [0.15, 0.2) is 0 Å². The van der Waals surface area contributed by atoms with Crippen molar-refractivity contribution in [2.24, 2.45) is 16.2 Å². The first-order valence-electron chi connectivity index (χ1n) is 17.7. The average Bonchev–Trinajstić information content (AvgIpc) is 3.62. The molecule has 5 atom stereocenters. The van der Waals surface area contributed by atoms with Gasteiger partial charge >= 0.3 is 11.9 Å². The minimum Gasteiger partial charge on any atom is -0.426 e. The predicted molar refractivity (Wildman–Crippen MR) is 198 cm³/mol. The van der Waals surface area contributed by atoms with Crippen LogP contribution in [0.1, 0.15) is 68.6 Å².